The van der Waals surface area contributed by atoms with Gasteiger partial charge in [-0.3, -0.25) is 4.79 Å². The number of hydrogen-bond donors (Lipinski definition) is 4. The van der Waals surface area contributed by atoms with Crippen LogP contribution in [-0.4, -0.2) is 96.9 Å². The van der Waals surface area contributed by atoms with Crippen LogP contribution >= 0.6 is 0 Å². The molecule has 274 valence electrons. The summed E-state index contributed by atoms with van der Waals surface area (Å²) in [4.78, 5) is 44.6. The van der Waals surface area contributed by atoms with Crippen molar-refractivity contribution in [2.45, 2.75) is 44.9 Å². The molecule has 4 N–H and O–H groups in total. The summed E-state index contributed by atoms with van der Waals surface area (Å²) in [5, 5.41) is 26.9. The van der Waals surface area contributed by atoms with E-state index in [0.717, 1.165) is 19.3 Å². The number of phenolic OH excluding ortho intramolecular Hbond substituents is 3. The summed E-state index contributed by atoms with van der Waals surface area (Å²) in [7, 11) is -3.55. The van der Waals surface area contributed by atoms with Gasteiger partial charge in [-0.05, 0) is 105 Å². The Morgan fingerprint density at radius 2 is 1.00 bits per heavy atom. The van der Waals surface area contributed by atoms with Gasteiger partial charge in [-0.1, -0.05) is 32.4 Å². The van der Waals surface area contributed by atoms with E-state index >= 15 is 0 Å². The molecule has 4 aromatic carbocycles. The van der Waals surface area contributed by atoms with Crippen LogP contribution in [-0.2, 0) is 24.2 Å². The van der Waals surface area contributed by atoms with Crippen molar-refractivity contribution in [2.24, 2.45) is 0 Å². The Morgan fingerprint density at radius 1 is 0.596 bits per heavy atom. The first-order chi connectivity index (χ1) is 24.3. The SMILES string of the molecule is CCCCOC(=O)c1ccc(O)cc1.CCCOC(=O)c1ccc(O)cc1.CCOC(=O)c1ccc(O)cc1.O=C1NS(=O)(=O)c2ccccc21.[NaH]. The Hall–Kier alpha value is -4.89. The standard InChI is InChI=1S/C11H14O3.C10H12O3.C9H10O3.C7H5NO3S.Na.H/c1-2-3-8-14-11(13)9-4-6-10(12)7-5-9;1-2-7-13-10(12)8-3-5-9(11)6-4-8;1-2-12-9(11)7-3-5-8(10)6-4-7;9-7-5-3-1-2-4-6(5)12(10,11)8-7;;/h4-7,12H,2-3,8H2,1H3;3-6,11H,2,7H2,1H3;3-6,10H,2H2,1H3;1-4H,(H,8,9);;. The number of phenols is 3. The van der Waals surface area contributed by atoms with E-state index in [1.54, 1.807) is 31.2 Å². The Kier molecular flexibility index (Phi) is 20.4. The molecule has 0 unspecified atom stereocenters. The number of esters is 3. The minimum atomic E-state index is -3.55. The minimum absolute atomic E-state index is 0. The topological polar surface area (TPSA) is 203 Å². The van der Waals surface area contributed by atoms with Gasteiger partial charge in [0.1, 0.15) is 22.1 Å². The van der Waals surface area contributed by atoms with Gasteiger partial charge in [0.2, 0.25) is 0 Å². The van der Waals surface area contributed by atoms with E-state index in [2.05, 4.69) is 0 Å². The van der Waals surface area contributed by atoms with Crippen molar-refractivity contribution in [1.29, 1.82) is 0 Å². The van der Waals surface area contributed by atoms with E-state index in [-0.39, 0.29) is 75.2 Å². The zero-order chi connectivity index (χ0) is 37.8. The van der Waals surface area contributed by atoms with Gasteiger partial charge in [0, 0.05) is 0 Å². The van der Waals surface area contributed by atoms with Crippen molar-refractivity contribution in [3.8, 4) is 17.2 Å². The third-order valence-electron chi connectivity index (χ3n) is 6.40. The van der Waals surface area contributed by atoms with Gasteiger partial charge in [-0.15, -0.1) is 0 Å². The van der Waals surface area contributed by atoms with Gasteiger partial charge in [0.15, 0.2) is 0 Å². The predicted molar refractivity (Wildman–Crippen MR) is 194 cm³/mol. The number of amides is 1. The van der Waals surface area contributed by atoms with Crippen molar-refractivity contribution in [3.05, 3.63) is 119 Å². The normalized spacial score (nSPS) is 11.5. The molecule has 52 heavy (non-hydrogen) atoms. The Bertz CT molecular complexity index is 1830. The maximum atomic E-state index is 11.3. The van der Waals surface area contributed by atoms with E-state index in [0.29, 0.717) is 36.5 Å². The van der Waals surface area contributed by atoms with Gasteiger partial charge >= 0.3 is 47.5 Å². The molecule has 0 bridgehead atoms. The van der Waals surface area contributed by atoms with Crippen LogP contribution in [0.1, 0.15) is 81.5 Å². The molecule has 0 fully saturated rings. The van der Waals surface area contributed by atoms with Gasteiger partial charge in [-0.2, -0.15) is 0 Å². The van der Waals surface area contributed by atoms with Crippen LogP contribution in [0.4, 0.5) is 0 Å². The van der Waals surface area contributed by atoms with Crippen LogP contribution in [0.3, 0.4) is 0 Å². The predicted octanol–water partition coefficient (Wildman–Crippen LogP) is 5.35. The molecule has 0 radical (unpaired) electrons. The summed E-state index contributed by atoms with van der Waals surface area (Å²) in [5.41, 5.74) is 1.61. The zero-order valence-corrected chi connectivity index (χ0v) is 29.2. The van der Waals surface area contributed by atoms with Crippen LogP contribution in [0.15, 0.2) is 102 Å². The number of carbonyl (C=O) groups excluding carboxylic acids is 4. The van der Waals surface area contributed by atoms with Gasteiger partial charge in [0.05, 0.1) is 42.1 Å². The molecule has 0 saturated carbocycles. The molecule has 1 aliphatic rings. The first-order valence-corrected chi connectivity index (χ1v) is 17.4. The molecule has 4 aromatic rings. The van der Waals surface area contributed by atoms with Crippen LogP contribution in [0.25, 0.3) is 0 Å². The fraction of sp³-hybridized carbons (Fsp3) is 0.243. The second-order valence-electron chi connectivity index (χ2n) is 10.4. The molecular weight excluding hydrogens is 705 g/mol. The monoisotopic (exact) mass is 747 g/mol. The molecule has 1 amide bonds. The van der Waals surface area contributed by atoms with Crippen LogP contribution in [0.2, 0.25) is 0 Å². The Labute approximate surface area is 324 Å². The molecule has 1 heterocycles. The molecule has 0 aliphatic carbocycles. The van der Waals surface area contributed by atoms with Crippen molar-refractivity contribution in [3.63, 3.8) is 0 Å². The van der Waals surface area contributed by atoms with Crippen molar-refractivity contribution in [1.82, 2.24) is 4.72 Å². The Balaban J connectivity index is 0.000000345. The number of aromatic hydroxyl groups is 3. The van der Waals surface area contributed by atoms with E-state index < -0.39 is 15.9 Å². The summed E-state index contributed by atoms with van der Waals surface area (Å²) in [6, 6.07) is 24.1. The number of carbonyl (C=O) groups is 4. The number of sulfonamides is 1. The number of unbranched alkanes of at least 4 members (excludes halogenated alkanes) is 1. The fourth-order valence-corrected chi connectivity index (χ4v) is 4.97. The third kappa shape index (κ3) is 15.6. The van der Waals surface area contributed by atoms with E-state index in [1.807, 2.05) is 18.6 Å². The van der Waals surface area contributed by atoms with Crippen molar-refractivity contribution >= 4 is 63.4 Å². The van der Waals surface area contributed by atoms with Crippen LogP contribution in [0.5, 0.6) is 17.2 Å². The second kappa shape index (κ2) is 23.6. The molecule has 0 aromatic heterocycles. The molecule has 15 heteroatoms. The van der Waals surface area contributed by atoms with E-state index in [4.69, 9.17) is 29.5 Å². The molecular formula is C37H42NNaO12S. The van der Waals surface area contributed by atoms with Crippen LogP contribution in [0, 0.1) is 0 Å². The molecule has 1 aliphatic heterocycles. The molecule has 0 saturated heterocycles. The molecule has 5 rings (SSSR count). The summed E-state index contributed by atoms with van der Waals surface area (Å²) < 4.78 is 38.8. The van der Waals surface area contributed by atoms with Crippen molar-refractivity contribution in [2.75, 3.05) is 19.8 Å². The van der Waals surface area contributed by atoms with Gasteiger partial charge in [0.25, 0.3) is 15.9 Å². The zero-order valence-electron chi connectivity index (χ0n) is 28.4. The third-order valence-corrected chi connectivity index (χ3v) is 7.79. The Morgan fingerprint density at radius 3 is 1.38 bits per heavy atom. The summed E-state index contributed by atoms with van der Waals surface area (Å²) in [6.07, 6.45) is 2.69. The molecule has 0 spiro atoms. The summed E-state index contributed by atoms with van der Waals surface area (Å²) in [6.45, 7) is 6.96. The van der Waals surface area contributed by atoms with E-state index in [9.17, 15) is 27.6 Å². The van der Waals surface area contributed by atoms with Crippen molar-refractivity contribution < 1.29 is 57.1 Å². The average Bonchev–Trinajstić information content (AvgIpc) is 3.36. The first kappa shape index (κ1) is 45.1. The van der Waals surface area contributed by atoms with Gasteiger partial charge < -0.3 is 29.5 Å². The number of nitrogens with one attached hydrogen (secondary N) is 1. The number of hydrogen-bond acceptors (Lipinski definition) is 12. The first-order valence-electron chi connectivity index (χ1n) is 15.9. The van der Waals surface area contributed by atoms with E-state index in [1.165, 1.54) is 72.8 Å². The summed E-state index contributed by atoms with van der Waals surface area (Å²) in [5.74, 6) is -1.16. The summed E-state index contributed by atoms with van der Waals surface area (Å²) >= 11 is 0. The molecule has 0 atom stereocenters. The van der Waals surface area contributed by atoms with Crippen LogP contribution < -0.4 is 4.72 Å². The average molecular weight is 748 g/mol. The second-order valence-corrected chi connectivity index (χ2v) is 12.1. The number of benzene rings is 4. The number of rotatable bonds is 9. The van der Waals surface area contributed by atoms with Gasteiger partial charge in [-0.25, -0.2) is 27.5 Å². The fourth-order valence-electron chi connectivity index (χ4n) is 3.80. The quantitative estimate of drug-likeness (QED) is 0.0741. The maximum absolute atomic E-state index is 11.3. The number of ether oxygens (including phenoxy) is 3. The number of fused-ring (bicyclic) bond motifs is 1. The molecule has 13 nitrogen and oxygen atoms in total.